The van der Waals surface area contributed by atoms with E-state index < -0.39 is 5.97 Å². The van der Waals surface area contributed by atoms with E-state index in [0.29, 0.717) is 5.88 Å². The second-order valence-corrected chi connectivity index (χ2v) is 3.30. The lowest BCUT2D eigenvalue weighted by Crippen LogP contribution is -2.24. The number of carboxylic acids is 1. The van der Waals surface area contributed by atoms with E-state index in [9.17, 15) is 9.90 Å². The maximum atomic E-state index is 9.87. The van der Waals surface area contributed by atoms with Crippen LogP contribution in [0.25, 0.3) is 0 Å². The molecule has 0 radical (unpaired) electrons. The molecule has 0 saturated carbocycles. The predicted octanol–water partition coefficient (Wildman–Crippen LogP) is 0.488. The number of aliphatic carboxylic acids is 1. The third kappa shape index (κ3) is 8.11. The summed E-state index contributed by atoms with van der Waals surface area (Å²) in [5.74, 6) is 0.630. The first kappa shape index (κ1) is 10.1. The molecule has 0 heterocycles. The van der Waals surface area contributed by atoms with Crippen molar-refractivity contribution in [2.45, 2.75) is 12.8 Å². The van der Waals surface area contributed by atoms with Gasteiger partial charge in [0.05, 0.1) is 5.97 Å². The minimum atomic E-state index is -0.990. The molecule has 0 saturated heterocycles. The van der Waals surface area contributed by atoms with Crippen LogP contribution in [0.15, 0.2) is 0 Å². The lowest BCUT2D eigenvalue weighted by Gasteiger charge is -2.00. The van der Waals surface area contributed by atoms with Crippen LogP contribution < -0.4 is 5.11 Å². The summed E-state index contributed by atoms with van der Waals surface area (Å²) in [5, 5.41) is 9.87. The Hall–Kier alpha value is 0.110. The molecule has 0 unspecified atom stereocenters. The van der Waals surface area contributed by atoms with Gasteiger partial charge in [-0.15, -0.1) is 11.6 Å². The number of carbonyl (C=O) groups is 1. The number of carbonyl (C=O) groups excluding carboxylic acids is 1. The monoisotopic (exact) mass is 181 g/mol. The summed E-state index contributed by atoms with van der Waals surface area (Å²) < 4.78 is 0. The van der Waals surface area contributed by atoms with Gasteiger partial charge in [-0.25, -0.2) is 0 Å². The summed E-state index contributed by atoms with van der Waals surface area (Å²) in [6, 6.07) is 0. The van der Waals surface area contributed by atoms with Crippen molar-refractivity contribution in [1.82, 2.24) is 0 Å². The normalized spacial score (nSPS) is 9.70. The molecule has 0 bridgehead atoms. The van der Waals surface area contributed by atoms with Crippen molar-refractivity contribution < 1.29 is 9.90 Å². The summed E-state index contributed by atoms with van der Waals surface area (Å²) in [7, 11) is 0. The first-order valence-electron chi connectivity index (χ1n) is 3.11. The Morgan fingerprint density at radius 2 is 2.20 bits per heavy atom. The van der Waals surface area contributed by atoms with Crippen LogP contribution in [0.1, 0.15) is 12.8 Å². The molecule has 0 aliphatic carbocycles. The van der Waals surface area contributed by atoms with Crippen molar-refractivity contribution in [2.75, 3.05) is 17.4 Å². The zero-order chi connectivity index (χ0) is 7.82. The minimum absolute atomic E-state index is 0.0995. The smallest absolute Gasteiger partial charge is 0.0513 e. The van der Waals surface area contributed by atoms with Crippen LogP contribution in [-0.2, 0) is 4.79 Å². The molecule has 0 aromatic rings. The summed E-state index contributed by atoms with van der Waals surface area (Å²) in [5.41, 5.74) is 0. The molecule has 0 aromatic heterocycles. The lowest BCUT2D eigenvalue weighted by atomic mass is 10.4. The van der Waals surface area contributed by atoms with Crippen LogP contribution in [0, 0.1) is 0 Å². The molecular formula is C6H10ClO2S-. The Morgan fingerprint density at radius 3 is 2.70 bits per heavy atom. The molecule has 0 rings (SSSR count). The van der Waals surface area contributed by atoms with E-state index in [1.807, 2.05) is 0 Å². The number of carboxylic acid groups (broad SMARTS) is 1. The van der Waals surface area contributed by atoms with Gasteiger partial charge in [0, 0.05) is 11.6 Å². The number of thioether (sulfide) groups is 1. The van der Waals surface area contributed by atoms with Crippen LogP contribution >= 0.6 is 23.4 Å². The van der Waals surface area contributed by atoms with E-state index in [0.717, 1.165) is 18.6 Å². The van der Waals surface area contributed by atoms with Gasteiger partial charge in [0.15, 0.2) is 0 Å². The second-order valence-electron chi connectivity index (χ2n) is 1.82. The van der Waals surface area contributed by atoms with Crippen LogP contribution in [-0.4, -0.2) is 23.4 Å². The molecule has 0 fully saturated rings. The number of alkyl halides is 1. The maximum Gasteiger partial charge on any atom is 0.0513 e. The number of halogens is 1. The topological polar surface area (TPSA) is 40.1 Å². The largest absolute Gasteiger partial charge is 0.549 e. The molecule has 10 heavy (non-hydrogen) atoms. The minimum Gasteiger partial charge on any atom is -0.549 e. The zero-order valence-corrected chi connectivity index (χ0v) is 7.21. The highest BCUT2D eigenvalue weighted by molar-refractivity contribution is 7.99. The van der Waals surface area contributed by atoms with Crippen LogP contribution in [0.2, 0.25) is 0 Å². The Bertz CT molecular complexity index is 97.7. The molecule has 0 aliphatic rings. The SMILES string of the molecule is O=C([O-])CSCCCCCl. The van der Waals surface area contributed by atoms with Gasteiger partial charge < -0.3 is 9.90 Å². The fourth-order valence-electron chi connectivity index (χ4n) is 0.454. The van der Waals surface area contributed by atoms with E-state index >= 15 is 0 Å². The lowest BCUT2D eigenvalue weighted by molar-refractivity contribution is -0.301. The van der Waals surface area contributed by atoms with Gasteiger partial charge in [0.2, 0.25) is 0 Å². The highest BCUT2D eigenvalue weighted by Crippen LogP contribution is 2.03. The molecule has 0 amide bonds. The summed E-state index contributed by atoms with van der Waals surface area (Å²) in [6.45, 7) is 0. The first-order chi connectivity index (χ1) is 4.77. The molecule has 2 nitrogen and oxygen atoms in total. The Labute approximate surface area is 69.9 Å². The molecule has 0 aliphatic heterocycles. The highest BCUT2D eigenvalue weighted by Gasteiger charge is 1.88. The maximum absolute atomic E-state index is 9.87. The molecule has 0 spiro atoms. The molecular weight excluding hydrogens is 172 g/mol. The van der Waals surface area contributed by atoms with E-state index in [4.69, 9.17) is 11.6 Å². The van der Waals surface area contributed by atoms with Crippen molar-refractivity contribution in [1.29, 1.82) is 0 Å². The number of hydrogen-bond donors (Lipinski definition) is 0. The molecule has 4 heteroatoms. The van der Waals surface area contributed by atoms with Crippen molar-refractivity contribution in [2.24, 2.45) is 0 Å². The highest BCUT2D eigenvalue weighted by atomic mass is 35.5. The second kappa shape index (κ2) is 7.22. The van der Waals surface area contributed by atoms with Gasteiger partial charge in [0.25, 0.3) is 0 Å². The third-order valence-electron chi connectivity index (χ3n) is 0.892. The zero-order valence-electron chi connectivity index (χ0n) is 5.64. The average molecular weight is 182 g/mol. The molecule has 60 valence electrons. The van der Waals surface area contributed by atoms with Gasteiger partial charge in [-0.3, -0.25) is 0 Å². The fourth-order valence-corrected chi connectivity index (χ4v) is 1.36. The van der Waals surface area contributed by atoms with Crippen molar-refractivity contribution >= 4 is 29.3 Å². The Balaban J connectivity index is 2.84. The van der Waals surface area contributed by atoms with Gasteiger partial charge in [-0.05, 0) is 18.6 Å². The third-order valence-corrected chi connectivity index (χ3v) is 2.18. The van der Waals surface area contributed by atoms with Gasteiger partial charge in [-0.2, -0.15) is 11.8 Å². The van der Waals surface area contributed by atoms with E-state index in [1.165, 1.54) is 11.8 Å². The van der Waals surface area contributed by atoms with Crippen molar-refractivity contribution in [3.63, 3.8) is 0 Å². The van der Waals surface area contributed by atoms with Crippen LogP contribution in [0.5, 0.6) is 0 Å². The van der Waals surface area contributed by atoms with Gasteiger partial charge >= 0.3 is 0 Å². The molecule has 0 aromatic carbocycles. The molecule has 0 N–H and O–H groups in total. The van der Waals surface area contributed by atoms with Crippen LogP contribution in [0.3, 0.4) is 0 Å². The summed E-state index contributed by atoms with van der Waals surface area (Å²) in [6.07, 6.45) is 1.95. The number of rotatable bonds is 6. The molecule has 0 atom stereocenters. The predicted molar refractivity (Wildman–Crippen MR) is 42.3 cm³/mol. The fraction of sp³-hybridized carbons (Fsp3) is 0.833. The Kier molecular flexibility index (Phi) is 7.30. The van der Waals surface area contributed by atoms with Crippen molar-refractivity contribution in [3.05, 3.63) is 0 Å². The van der Waals surface area contributed by atoms with E-state index in [1.54, 1.807) is 0 Å². The van der Waals surface area contributed by atoms with E-state index in [2.05, 4.69) is 0 Å². The Morgan fingerprint density at radius 1 is 1.50 bits per heavy atom. The first-order valence-corrected chi connectivity index (χ1v) is 4.80. The summed E-state index contributed by atoms with van der Waals surface area (Å²) in [4.78, 5) is 9.87. The average Bonchev–Trinajstić information content (AvgIpc) is 1.87. The van der Waals surface area contributed by atoms with Gasteiger partial charge in [-0.1, -0.05) is 0 Å². The number of hydrogen-bond acceptors (Lipinski definition) is 3. The summed E-state index contributed by atoms with van der Waals surface area (Å²) >= 11 is 6.79. The van der Waals surface area contributed by atoms with E-state index in [-0.39, 0.29) is 5.75 Å². The number of unbranched alkanes of at least 4 members (excludes halogenated alkanes) is 1. The van der Waals surface area contributed by atoms with Crippen LogP contribution in [0.4, 0.5) is 0 Å². The van der Waals surface area contributed by atoms with Crippen molar-refractivity contribution in [3.8, 4) is 0 Å². The van der Waals surface area contributed by atoms with Gasteiger partial charge in [0.1, 0.15) is 0 Å². The standard InChI is InChI=1S/C6H11ClO2S/c7-3-1-2-4-10-5-6(8)9/h1-5H2,(H,8,9)/p-1. The quantitative estimate of drug-likeness (QED) is 0.442.